The standard InChI is InChI=1S/C32H31N3O7/c1-3-25-33-29(34-35(25)4-2)28-27(42-32(38)23-18-12-7-13-19-23)26(41-31(37)22-16-10-6-11-17-22)24(40-28)20-39-30(36)21-14-8-5-9-15-21/h5-19,24,26-28H,3-4,20H2,1-2H3/t24-,26-,27-,28-/m1/s1. The minimum Gasteiger partial charge on any atom is -0.459 e. The summed E-state index contributed by atoms with van der Waals surface area (Å²) in [6, 6.07) is 25.4. The summed E-state index contributed by atoms with van der Waals surface area (Å²) in [5, 5.41) is 4.60. The van der Waals surface area contributed by atoms with Crippen LogP contribution < -0.4 is 0 Å². The van der Waals surface area contributed by atoms with Crippen molar-refractivity contribution in [3.05, 3.63) is 119 Å². The van der Waals surface area contributed by atoms with E-state index in [-0.39, 0.29) is 12.4 Å². The zero-order valence-corrected chi connectivity index (χ0v) is 23.3. The van der Waals surface area contributed by atoms with Gasteiger partial charge in [0.1, 0.15) is 18.5 Å². The molecule has 0 saturated carbocycles. The smallest absolute Gasteiger partial charge is 0.338 e. The molecule has 1 aromatic heterocycles. The van der Waals surface area contributed by atoms with Gasteiger partial charge >= 0.3 is 17.9 Å². The maximum absolute atomic E-state index is 13.3. The van der Waals surface area contributed by atoms with Crippen molar-refractivity contribution in [1.29, 1.82) is 0 Å². The number of hydrogen-bond donors (Lipinski definition) is 0. The van der Waals surface area contributed by atoms with E-state index in [4.69, 9.17) is 18.9 Å². The Kier molecular flexibility index (Phi) is 9.03. The van der Waals surface area contributed by atoms with Crippen molar-refractivity contribution in [1.82, 2.24) is 14.8 Å². The number of benzene rings is 3. The first-order chi connectivity index (χ1) is 20.5. The maximum atomic E-state index is 13.3. The molecule has 1 fully saturated rings. The third-order valence-corrected chi connectivity index (χ3v) is 6.84. The molecule has 0 unspecified atom stereocenters. The Morgan fingerprint density at radius 3 is 1.71 bits per heavy atom. The van der Waals surface area contributed by atoms with Crippen LogP contribution in [0.2, 0.25) is 0 Å². The van der Waals surface area contributed by atoms with Crippen LogP contribution in [0.15, 0.2) is 91.0 Å². The van der Waals surface area contributed by atoms with Crippen molar-refractivity contribution in [3.63, 3.8) is 0 Å². The number of carbonyl (C=O) groups excluding carboxylic acids is 3. The molecule has 0 bridgehead atoms. The Morgan fingerprint density at radius 1 is 0.738 bits per heavy atom. The molecule has 216 valence electrons. The number of nitrogens with zero attached hydrogens (tertiary/aromatic N) is 3. The van der Waals surface area contributed by atoms with Gasteiger partial charge in [-0.15, -0.1) is 0 Å². The molecule has 3 aromatic carbocycles. The molecule has 0 radical (unpaired) electrons. The number of rotatable bonds is 10. The van der Waals surface area contributed by atoms with Crippen LogP contribution in [0.25, 0.3) is 0 Å². The average molecular weight is 570 g/mol. The highest BCUT2D eigenvalue weighted by molar-refractivity contribution is 5.91. The molecule has 42 heavy (non-hydrogen) atoms. The van der Waals surface area contributed by atoms with Crippen LogP contribution in [-0.4, -0.2) is 57.6 Å². The fourth-order valence-corrected chi connectivity index (χ4v) is 4.72. The van der Waals surface area contributed by atoms with Crippen LogP contribution in [0, 0.1) is 0 Å². The monoisotopic (exact) mass is 569 g/mol. The molecule has 0 spiro atoms. The van der Waals surface area contributed by atoms with Crippen molar-refractivity contribution in [3.8, 4) is 0 Å². The number of carbonyl (C=O) groups is 3. The number of ether oxygens (including phenoxy) is 4. The Labute approximate surface area is 243 Å². The second kappa shape index (κ2) is 13.2. The summed E-state index contributed by atoms with van der Waals surface area (Å²) < 4.78 is 25.6. The molecule has 2 heterocycles. The van der Waals surface area contributed by atoms with Gasteiger partial charge in [-0.05, 0) is 43.3 Å². The number of aryl methyl sites for hydroxylation is 2. The molecular formula is C32H31N3O7. The highest BCUT2D eigenvalue weighted by Gasteiger charge is 2.52. The van der Waals surface area contributed by atoms with Crippen LogP contribution in [0.3, 0.4) is 0 Å². The maximum Gasteiger partial charge on any atom is 0.338 e. The molecule has 0 aliphatic carbocycles. The summed E-state index contributed by atoms with van der Waals surface area (Å²) in [7, 11) is 0. The third kappa shape index (κ3) is 6.39. The Morgan fingerprint density at radius 2 is 1.24 bits per heavy atom. The zero-order valence-electron chi connectivity index (χ0n) is 23.3. The largest absolute Gasteiger partial charge is 0.459 e. The van der Waals surface area contributed by atoms with E-state index in [1.54, 1.807) is 95.7 Å². The van der Waals surface area contributed by atoms with Gasteiger partial charge in [-0.3, -0.25) is 4.68 Å². The Balaban J connectivity index is 1.49. The van der Waals surface area contributed by atoms with E-state index in [0.717, 1.165) is 5.82 Å². The molecule has 10 nitrogen and oxygen atoms in total. The van der Waals surface area contributed by atoms with E-state index in [2.05, 4.69) is 10.1 Å². The first-order valence-electron chi connectivity index (χ1n) is 13.8. The van der Waals surface area contributed by atoms with Crippen molar-refractivity contribution in [2.24, 2.45) is 0 Å². The topological polar surface area (TPSA) is 119 Å². The zero-order chi connectivity index (χ0) is 29.5. The number of hydrogen-bond acceptors (Lipinski definition) is 9. The van der Waals surface area contributed by atoms with Gasteiger partial charge in [0.2, 0.25) is 0 Å². The molecule has 1 aliphatic heterocycles. The quantitative estimate of drug-likeness (QED) is 0.199. The Hall–Kier alpha value is -4.83. The summed E-state index contributed by atoms with van der Waals surface area (Å²) >= 11 is 0. The van der Waals surface area contributed by atoms with Gasteiger partial charge < -0.3 is 18.9 Å². The van der Waals surface area contributed by atoms with Gasteiger partial charge in [-0.2, -0.15) is 5.10 Å². The molecule has 1 aliphatic rings. The van der Waals surface area contributed by atoms with E-state index in [0.29, 0.717) is 29.7 Å². The molecular weight excluding hydrogens is 538 g/mol. The predicted molar refractivity (Wildman–Crippen MR) is 151 cm³/mol. The molecule has 5 rings (SSSR count). The normalized spacial score (nSPS) is 19.7. The van der Waals surface area contributed by atoms with Gasteiger partial charge in [-0.1, -0.05) is 61.5 Å². The van der Waals surface area contributed by atoms with E-state index >= 15 is 0 Å². The SMILES string of the molecule is CCc1nc([C@@H]2O[C@H](COC(=O)c3ccccc3)[C@@H](OC(=O)c3ccccc3)[C@H]2OC(=O)c2ccccc2)nn1CC. The van der Waals surface area contributed by atoms with Crippen LogP contribution in [0.1, 0.15) is 62.7 Å². The van der Waals surface area contributed by atoms with Gasteiger partial charge in [0.25, 0.3) is 0 Å². The average Bonchev–Trinajstić information content (AvgIpc) is 3.61. The van der Waals surface area contributed by atoms with Crippen molar-refractivity contribution in [2.45, 2.75) is 51.2 Å². The minimum atomic E-state index is -1.14. The van der Waals surface area contributed by atoms with Crippen LogP contribution >= 0.6 is 0 Å². The summed E-state index contributed by atoms with van der Waals surface area (Å²) in [6.07, 6.45) is -3.64. The van der Waals surface area contributed by atoms with Crippen LogP contribution in [-0.2, 0) is 31.9 Å². The van der Waals surface area contributed by atoms with Gasteiger partial charge in [0.15, 0.2) is 24.1 Å². The molecule has 1 saturated heterocycles. The first kappa shape index (κ1) is 28.7. The van der Waals surface area contributed by atoms with Gasteiger partial charge in [0.05, 0.1) is 16.7 Å². The summed E-state index contributed by atoms with van der Waals surface area (Å²) in [6.45, 7) is 4.20. The summed E-state index contributed by atoms with van der Waals surface area (Å²) in [5.74, 6) is -0.859. The highest BCUT2D eigenvalue weighted by Crippen LogP contribution is 2.37. The van der Waals surface area contributed by atoms with Crippen molar-refractivity contribution < 1.29 is 33.3 Å². The van der Waals surface area contributed by atoms with Crippen molar-refractivity contribution >= 4 is 17.9 Å². The molecule has 4 aromatic rings. The predicted octanol–water partition coefficient (Wildman–Crippen LogP) is 4.61. The summed E-state index contributed by atoms with van der Waals surface area (Å²) in [5.41, 5.74) is 0.966. The Bertz CT molecular complexity index is 1490. The van der Waals surface area contributed by atoms with Crippen molar-refractivity contribution in [2.75, 3.05) is 6.61 Å². The van der Waals surface area contributed by atoms with Crippen LogP contribution in [0.5, 0.6) is 0 Å². The minimum absolute atomic E-state index is 0.272. The lowest BCUT2D eigenvalue weighted by Gasteiger charge is -2.24. The van der Waals surface area contributed by atoms with E-state index < -0.39 is 42.3 Å². The second-order valence-electron chi connectivity index (χ2n) is 9.59. The van der Waals surface area contributed by atoms with Gasteiger partial charge in [-0.25, -0.2) is 19.4 Å². The molecule has 0 amide bonds. The lowest BCUT2D eigenvalue weighted by molar-refractivity contribution is -0.0454. The fraction of sp³-hybridized carbons (Fsp3) is 0.281. The van der Waals surface area contributed by atoms with Gasteiger partial charge in [0, 0.05) is 13.0 Å². The van der Waals surface area contributed by atoms with Crippen LogP contribution in [0.4, 0.5) is 0 Å². The third-order valence-electron chi connectivity index (χ3n) is 6.84. The fourth-order valence-electron chi connectivity index (χ4n) is 4.72. The number of aromatic nitrogens is 3. The number of esters is 3. The van der Waals surface area contributed by atoms with E-state index in [1.165, 1.54) is 0 Å². The molecule has 10 heteroatoms. The highest BCUT2D eigenvalue weighted by atomic mass is 16.6. The second-order valence-corrected chi connectivity index (χ2v) is 9.59. The molecule has 4 atom stereocenters. The first-order valence-corrected chi connectivity index (χ1v) is 13.8. The van der Waals surface area contributed by atoms with E-state index in [1.807, 2.05) is 13.8 Å². The summed E-state index contributed by atoms with van der Waals surface area (Å²) in [4.78, 5) is 43.9. The van der Waals surface area contributed by atoms with E-state index in [9.17, 15) is 14.4 Å². The molecule has 0 N–H and O–H groups in total. The lowest BCUT2D eigenvalue weighted by atomic mass is 10.1. The lowest BCUT2D eigenvalue weighted by Crippen LogP contribution is -2.41.